The summed E-state index contributed by atoms with van der Waals surface area (Å²) in [4.78, 5) is 13.9. The van der Waals surface area contributed by atoms with Crippen molar-refractivity contribution < 1.29 is 9.18 Å². The van der Waals surface area contributed by atoms with E-state index in [4.69, 9.17) is 23.2 Å². The maximum atomic E-state index is 13.0. The third-order valence-electron chi connectivity index (χ3n) is 2.74. The van der Waals surface area contributed by atoms with Gasteiger partial charge in [0, 0.05) is 24.0 Å². The van der Waals surface area contributed by atoms with Crippen LogP contribution in [0.2, 0.25) is 5.02 Å². The second kappa shape index (κ2) is 5.23. The minimum Gasteiger partial charge on any atom is -0.334 e. The second-order valence-corrected chi connectivity index (χ2v) is 4.83. The van der Waals surface area contributed by atoms with E-state index < -0.39 is 5.82 Å². The maximum Gasteiger partial charge on any atom is 0.254 e. The van der Waals surface area contributed by atoms with Crippen molar-refractivity contribution in [2.24, 2.45) is 0 Å². The van der Waals surface area contributed by atoms with Crippen LogP contribution >= 0.6 is 23.2 Å². The molecule has 1 aliphatic carbocycles. The van der Waals surface area contributed by atoms with Gasteiger partial charge in [-0.25, -0.2) is 4.39 Å². The summed E-state index contributed by atoms with van der Waals surface area (Å²) in [6.45, 7) is 0.514. The van der Waals surface area contributed by atoms with Crippen LogP contribution < -0.4 is 0 Å². The molecule has 1 amide bonds. The first kappa shape index (κ1) is 12.7. The molecular formula is C12H12Cl2FNO. The summed E-state index contributed by atoms with van der Waals surface area (Å²) in [6, 6.07) is 4.31. The number of hydrogen-bond donors (Lipinski definition) is 0. The first-order chi connectivity index (χ1) is 8.13. The highest BCUT2D eigenvalue weighted by molar-refractivity contribution is 6.31. The van der Waals surface area contributed by atoms with Gasteiger partial charge in [-0.2, -0.15) is 0 Å². The van der Waals surface area contributed by atoms with E-state index in [-0.39, 0.29) is 17.0 Å². The highest BCUT2D eigenvalue weighted by atomic mass is 35.5. The predicted octanol–water partition coefficient (Wildman–Crippen LogP) is 3.32. The van der Waals surface area contributed by atoms with Crippen LogP contribution in [0, 0.1) is 5.82 Å². The van der Waals surface area contributed by atoms with E-state index in [2.05, 4.69) is 0 Å². The monoisotopic (exact) mass is 275 g/mol. The Bertz CT molecular complexity index is 435. The van der Waals surface area contributed by atoms with E-state index in [0.717, 1.165) is 12.8 Å². The van der Waals surface area contributed by atoms with Crippen LogP contribution in [-0.4, -0.2) is 29.3 Å². The molecule has 0 unspecified atom stereocenters. The Hall–Kier alpha value is -0.800. The van der Waals surface area contributed by atoms with Gasteiger partial charge in [-0.1, -0.05) is 11.6 Å². The molecule has 5 heteroatoms. The van der Waals surface area contributed by atoms with Crippen molar-refractivity contribution >= 4 is 29.1 Å². The molecule has 0 aliphatic heterocycles. The van der Waals surface area contributed by atoms with E-state index >= 15 is 0 Å². The molecule has 1 fully saturated rings. The fourth-order valence-corrected chi connectivity index (χ4v) is 2.08. The van der Waals surface area contributed by atoms with Crippen molar-refractivity contribution in [1.29, 1.82) is 0 Å². The fourth-order valence-electron chi connectivity index (χ4n) is 1.72. The van der Waals surface area contributed by atoms with E-state index in [0.29, 0.717) is 18.0 Å². The summed E-state index contributed by atoms with van der Waals surface area (Å²) in [5.74, 6) is -0.245. The average molecular weight is 276 g/mol. The van der Waals surface area contributed by atoms with Crippen LogP contribution in [0.4, 0.5) is 4.39 Å². The van der Waals surface area contributed by atoms with Gasteiger partial charge in [0.05, 0.1) is 5.02 Å². The highest BCUT2D eigenvalue weighted by Gasteiger charge is 2.32. The first-order valence-corrected chi connectivity index (χ1v) is 6.36. The molecule has 17 heavy (non-hydrogen) atoms. The molecule has 0 aromatic heterocycles. The lowest BCUT2D eigenvalue weighted by Gasteiger charge is -2.21. The Labute approximate surface area is 109 Å². The lowest BCUT2D eigenvalue weighted by atomic mass is 10.2. The van der Waals surface area contributed by atoms with Gasteiger partial charge in [-0.15, -0.1) is 11.6 Å². The van der Waals surface area contributed by atoms with Crippen molar-refractivity contribution in [1.82, 2.24) is 4.90 Å². The number of carbonyl (C=O) groups excluding carboxylic acids is 1. The summed E-state index contributed by atoms with van der Waals surface area (Å²) >= 11 is 11.3. The molecule has 0 radical (unpaired) electrons. The molecular weight excluding hydrogens is 264 g/mol. The SMILES string of the molecule is O=C(c1ccc(F)c(Cl)c1)N(CCCl)C1CC1. The number of hydrogen-bond acceptors (Lipinski definition) is 1. The van der Waals surface area contributed by atoms with Crippen LogP contribution in [0.15, 0.2) is 18.2 Å². The molecule has 0 N–H and O–H groups in total. The summed E-state index contributed by atoms with van der Waals surface area (Å²) in [5, 5.41) is -0.0301. The molecule has 1 aromatic rings. The minimum absolute atomic E-state index is 0.0301. The van der Waals surface area contributed by atoms with Crippen molar-refractivity contribution in [3.63, 3.8) is 0 Å². The molecule has 0 saturated heterocycles. The third kappa shape index (κ3) is 2.90. The van der Waals surface area contributed by atoms with Crippen LogP contribution in [0.3, 0.4) is 0 Å². The zero-order chi connectivity index (χ0) is 12.4. The van der Waals surface area contributed by atoms with Gasteiger partial charge < -0.3 is 4.90 Å². The van der Waals surface area contributed by atoms with Crippen LogP contribution in [0.1, 0.15) is 23.2 Å². The van der Waals surface area contributed by atoms with Gasteiger partial charge in [0.15, 0.2) is 0 Å². The third-order valence-corrected chi connectivity index (χ3v) is 3.20. The first-order valence-electron chi connectivity index (χ1n) is 5.45. The molecule has 0 heterocycles. The van der Waals surface area contributed by atoms with E-state index in [1.807, 2.05) is 0 Å². The van der Waals surface area contributed by atoms with E-state index in [1.165, 1.54) is 18.2 Å². The topological polar surface area (TPSA) is 20.3 Å². The predicted molar refractivity (Wildman–Crippen MR) is 66.2 cm³/mol. The molecule has 2 rings (SSSR count). The van der Waals surface area contributed by atoms with Gasteiger partial charge in [0.2, 0.25) is 0 Å². The number of nitrogens with zero attached hydrogens (tertiary/aromatic N) is 1. The summed E-state index contributed by atoms with van der Waals surface area (Å²) in [6.07, 6.45) is 2.02. The molecule has 0 atom stereocenters. The quantitative estimate of drug-likeness (QED) is 0.772. The van der Waals surface area contributed by atoms with Gasteiger partial charge in [0.1, 0.15) is 5.82 Å². The van der Waals surface area contributed by atoms with Crippen molar-refractivity contribution in [2.75, 3.05) is 12.4 Å². The zero-order valence-corrected chi connectivity index (χ0v) is 10.6. The summed E-state index contributed by atoms with van der Waals surface area (Å²) in [7, 11) is 0. The van der Waals surface area contributed by atoms with Gasteiger partial charge in [-0.05, 0) is 31.0 Å². The summed E-state index contributed by atoms with van der Waals surface area (Å²) in [5.41, 5.74) is 0.411. The lowest BCUT2D eigenvalue weighted by Crippen LogP contribution is -2.34. The Morgan fingerprint density at radius 1 is 1.47 bits per heavy atom. The van der Waals surface area contributed by atoms with E-state index in [9.17, 15) is 9.18 Å². The van der Waals surface area contributed by atoms with Crippen LogP contribution in [0.5, 0.6) is 0 Å². The standard InChI is InChI=1S/C12H12Cl2FNO/c13-5-6-16(9-2-3-9)12(17)8-1-4-11(15)10(14)7-8/h1,4,7,9H,2-3,5-6H2. The number of amides is 1. The Morgan fingerprint density at radius 3 is 2.71 bits per heavy atom. The molecule has 92 valence electrons. The maximum absolute atomic E-state index is 13.0. The molecule has 1 aliphatic rings. The van der Waals surface area contributed by atoms with Crippen LogP contribution in [-0.2, 0) is 0 Å². The lowest BCUT2D eigenvalue weighted by molar-refractivity contribution is 0.0753. The minimum atomic E-state index is -0.515. The normalized spacial score (nSPS) is 14.8. The number of halogens is 3. The zero-order valence-electron chi connectivity index (χ0n) is 9.13. The second-order valence-electron chi connectivity index (χ2n) is 4.05. The van der Waals surface area contributed by atoms with Crippen molar-refractivity contribution in [3.8, 4) is 0 Å². The van der Waals surface area contributed by atoms with Crippen molar-refractivity contribution in [2.45, 2.75) is 18.9 Å². The highest BCUT2D eigenvalue weighted by Crippen LogP contribution is 2.28. The number of alkyl halides is 1. The van der Waals surface area contributed by atoms with Gasteiger partial charge in [-0.3, -0.25) is 4.79 Å². The fraction of sp³-hybridized carbons (Fsp3) is 0.417. The Kier molecular flexibility index (Phi) is 3.89. The number of benzene rings is 1. The van der Waals surface area contributed by atoms with Gasteiger partial charge >= 0.3 is 0 Å². The molecule has 0 spiro atoms. The molecule has 2 nitrogen and oxygen atoms in total. The largest absolute Gasteiger partial charge is 0.334 e. The van der Waals surface area contributed by atoms with Crippen molar-refractivity contribution in [3.05, 3.63) is 34.6 Å². The number of rotatable bonds is 4. The summed E-state index contributed by atoms with van der Waals surface area (Å²) < 4.78 is 13.0. The molecule has 1 aromatic carbocycles. The molecule has 0 bridgehead atoms. The average Bonchev–Trinajstić information content (AvgIpc) is 3.13. The molecule has 1 saturated carbocycles. The van der Waals surface area contributed by atoms with E-state index in [1.54, 1.807) is 4.90 Å². The number of carbonyl (C=O) groups is 1. The Morgan fingerprint density at radius 2 is 2.18 bits per heavy atom. The van der Waals surface area contributed by atoms with Gasteiger partial charge in [0.25, 0.3) is 5.91 Å². The Balaban J connectivity index is 2.19. The van der Waals surface area contributed by atoms with Crippen LogP contribution in [0.25, 0.3) is 0 Å². The smallest absolute Gasteiger partial charge is 0.254 e.